The smallest absolute Gasteiger partial charge is 0.160 e. The van der Waals surface area contributed by atoms with E-state index in [0.29, 0.717) is 13.2 Å². The lowest BCUT2D eigenvalue weighted by atomic mass is 9.92. The first kappa shape index (κ1) is 16.9. The Morgan fingerprint density at radius 3 is 3.00 bits per heavy atom. The molecule has 0 radical (unpaired) electrons. The number of hydrogen-bond donors (Lipinski definition) is 1. The van der Waals surface area contributed by atoms with E-state index in [1.165, 1.54) is 5.56 Å². The molecule has 1 atom stereocenters. The molecule has 1 N–H and O–H groups in total. The number of nitrogens with one attached hydrogen (secondary N) is 1. The molecule has 0 spiro atoms. The van der Waals surface area contributed by atoms with Gasteiger partial charge in [0.1, 0.15) is 18.1 Å². The Morgan fingerprint density at radius 2 is 2.15 bits per heavy atom. The van der Waals surface area contributed by atoms with Crippen molar-refractivity contribution >= 4 is 0 Å². The van der Waals surface area contributed by atoms with Gasteiger partial charge in [0.15, 0.2) is 5.82 Å². The van der Waals surface area contributed by atoms with E-state index < -0.39 is 0 Å². The summed E-state index contributed by atoms with van der Waals surface area (Å²) in [6, 6.07) is 8.09. The number of aromatic nitrogens is 3. The van der Waals surface area contributed by atoms with Crippen LogP contribution in [0, 0.1) is 0 Å². The molecule has 0 aliphatic heterocycles. The second-order valence-corrected chi connectivity index (χ2v) is 6.46. The van der Waals surface area contributed by atoms with Gasteiger partial charge in [0, 0.05) is 48.6 Å². The zero-order valence-corrected chi connectivity index (χ0v) is 14.8. The summed E-state index contributed by atoms with van der Waals surface area (Å²) in [7, 11) is 1.67. The molecule has 0 saturated carbocycles. The first-order chi connectivity index (χ1) is 12.8. The van der Waals surface area contributed by atoms with E-state index in [-0.39, 0.29) is 6.04 Å². The van der Waals surface area contributed by atoms with Crippen molar-refractivity contribution in [2.75, 3.05) is 7.11 Å². The minimum Gasteiger partial charge on any atom is -0.462 e. The summed E-state index contributed by atoms with van der Waals surface area (Å²) in [5.41, 5.74) is 3.27. The van der Waals surface area contributed by atoms with Crippen molar-refractivity contribution < 1.29 is 9.15 Å². The summed E-state index contributed by atoms with van der Waals surface area (Å²) >= 11 is 0. The van der Waals surface area contributed by atoms with Crippen LogP contribution in [0.2, 0.25) is 0 Å². The summed E-state index contributed by atoms with van der Waals surface area (Å²) in [6.07, 6.45) is 8.70. The maximum Gasteiger partial charge on any atom is 0.160 e. The lowest BCUT2D eigenvalue weighted by Crippen LogP contribution is -2.25. The van der Waals surface area contributed by atoms with Crippen LogP contribution in [0.4, 0.5) is 0 Å². The third-order valence-electron chi connectivity index (χ3n) is 4.63. The Labute approximate surface area is 152 Å². The first-order valence-corrected chi connectivity index (χ1v) is 8.89. The molecule has 26 heavy (non-hydrogen) atoms. The topological polar surface area (TPSA) is 73.1 Å². The van der Waals surface area contributed by atoms with Gasteiger partial charge in [-0.15, -0.1) is 0 Å². The van der Waals surface area contributed by atoms with Gasteiger partial charge in [-0.25, -0.2) is 9.97 Å². The van der Waals surface area contributed by atoms with Crippen molar-refractivity contribution in [2.45, 2.75) is 38.5 Å². The molecule has 134 valence electrons. The van der Waals surface area contributed by atoms with Crippen LogP contribution in [0.3, 0.4) is 0 Å². The summed E-state index contributed by atoms with van der Waals surface area (Å²) in [5, 5.41) is 3.58. The van der Waals surface area contributed by atoms with Crippen LogP contribution in [-0.2, 0) is 24.3 Å². The molecule has 6 heteroatoms. The lowest BCUT2D eigenvalue weighted by Gasteiger charge is -2.25. The number of fused-ring (bicyclic) bond motifs is 1. The van der Waals surface area contributed by atoms with Crippen molar-refractivity contribution in [1.82, 2.24) is 20.3 Å². The Bertz CT molecular complexity index is 863. The van der Waals surface area contributed by atoms with Crippen molar-refractivity contribution in [1.29, 1.82) is 0 Å². The third-order valence-corrected chi connectivity index (χ3v) is 4.63. The van der Waals surface area contributed by atoms with E-state index in [0.717, 1.165) is 47.9 Å². The highest BCUT2D eigenvalue weighted by atomic mass is 16.5. The highest BCUT2D eigenvalue weighted by Crippen LogP contribution is 2.29. The molecular weight excluding hydrogens is 328 g/mol. The monoisotopic (exact) mass is 350 g/mol. The van der Waals surface area contributed by atoms with Crippen LogP contribution in [0.15, 0.2) is 47.3 Å². The van der Waals surface area contributed by atoms with E-state index in [4.69, 9.17) is 14.1 Å². The molecule has 1 aliphatic carbocycles. The molecule has 0 aromatic carbocycles. The van der Waals surface area contributed by atoms with Crippen LogP contribution in [0.25, 0.3) is 11.4 Å². The minimum atomic E-state index is 0.248. The zero-order chi connectivity index (χ0) is 17.8. The number of rotatable bonds is 6. The quantitative estimate of drug-likeness (QED) is 0.734. The summed E-state index contributed by atoms with van der Waals surface area (Å²) in [4.78, 5) is 13.5. The number of pyridine rings is 1. The van der Waals surface area contributed by atoms with Gasteiger partial charge in [-0.1, -0.05) is 0 Å². The largest absolute Gasteiger partial charge is 0.462 e. The summed E-state index contributed by atoms with van der Waals surface area (Å²) in [6.45, 7) is 1.18. The normalized spacial score (nSPS) is 16.4. The van der Waals surface area contributed by atoms with Crippen molar-refractivity contribution in [3.63, 3.8) is 0 Å². The van der Waals surface area contributed by atoms with Crippen molar-refractivity contribution in [2.24, 2.45) is 0 Å². The van der Waals surface area contributed by atoms with E-state index in [9.17, 15) is 0 Å². The van der Waals surface area contributed by atoms with E-state index in [1.807, 2.05) is 30.5 Å². The van der Waals surface area contributed by atoms with Gasteiger partial charge in [-0.2, -0.15) is 0 Å². The van der Waals surface area contributed by atoms with E-state index in [2.05, 4.69) is 15.3 Å². The van der Waals surface area contributed by atoms with Crippen LogP contribution >= 0.6 is 0 Å². The van der Waals surface area contributed by atoms with Gasteiger partial charge in [0.05, 0.1) is 6.54 Å². The third kappa shape index (κ3) is 3.66. The van der Waals surface area contributed by atoms with Crippen LogP contribution in [-0.4, -0.2) is 22.1 Å². The van der Waals surface area contributed by atoms with Gasteiger partial charge < -0.3 is 14.5 Å². The van der Waals surface area contributed by atoms with Gasteiger partial charge >= 0.3 is 0 Å². The van der Waals surface area contributed by atoms with Gasteiger partial charge in [-0.3, -0.25) is 4.98 Å². The molecule has 0 amide bonds. The predicted molar refractivity (Wildman–Crippen MR) is 97.2 cm³/mol. The number of methoxy groups -OCH3 is 1. The Kier molecular flexibility index (Phi) is 5.04. The number of nitrogens with zero attached hydrogens (tertiary/aromatic N) is 3. The number of furan rings is 1. The van der Waals surface area contributed by atoms with Gasteiger partial charge in [0.25, 0.3) is 0 Å². The zero-order valence-electron chi connectivity index (χ0n) is 14.8. The molecule has 0 fully saturated rings. The molecule has 3 aromatic heterocycles. The fourth-order valence-electron chi connectivity index (χ4n) is 3.35. The molecule has 0 saturated heterocycles. The Hall–Kier alpha value is -2.57. The fourth-order valence-corrected chi connectivity index (χ4v) is 3.35. The van der Waals surface area contributed by atoms with Gasteiger partial charge in [0.2, 0.25) is 0 Å². The molecule has 3 heterocycles. The second kappa shape index (κ2) is 7.76. The minimum absolute atomic E-state index is 0.248. The molecule has 6 nitrogen and oxygen atoms in total. The van der Waals surface area contributed by atoms with Crippen molar-refractivity contribution in [3.05, 3.63) is 65.6 Å². The van der Waals surface area contributed by atoms with Crippen LogP contribution in [0.5, 0.6) is 0 Å². The van der Waals surface area contributed by atoms with Gasteiger partial charge in [-0.05, 0) is 43.5 Å². The molecule has 0 unspecified atom stereocenters. The summed E-state index contributed by atoms with van der Waals surface area (Å²) in [5.74, 6) is 2.50. The van der Waals surface area contributed by atoms with Crippen LogP contribution in [0.1, 0.15) is 41.7 Å². The predicted octanol–water partition coefficient (Wildman–Crippen LogP) is 3.45. The highest BCUT2D eigenvalue weighted by molar-refractivity contribution is 5.53. The lowest BCUT2D eigenvalue weighted by molar-refractivity contribution is 0.162. The molecule has 4 rings (SSSR count). The SMILES string of the molecule is COCc1ccc(CN[C@H]2CCCc3nc(-c4cccnc4)ncc32)o1. The highest BCUT2D eigenvalue weighted by Gasteiger charge is 2.22. The molecular formula is C20H22N4O2. The fraction of sp³-hybridized carbons (Fsp3) is 0.350. The summed E-state index contributed by atoms with van der Waals surface area (Å²) < 4.78 is 10.8. The number of hydrogen-bond acceptors (Lipinski definition) is 6. The molecule has 0 bridgehead atoms. The molecule has 3 aromatic rings. The number of ether oxygens (including phenoxy) is 1. The molecule has 1 aliphatic rings. The first-order valence-electron chi connectivity index (χ1n) is 8.89. The standard InChI is InChI=1S/C20H22N4O2/c1-25-13-16-8-7-15(26-16)11-22-18-5-2-6-19-17(18)12-23-20(24-19)14-4-3-9-21-10-14/h3-4,7-10,12,18,22H,2,5-6,11,13H2,1H3/t18-/m0/s1. The number of aryl methyl sites for hydroxylation is 1. The van der Waals surface area contributed by atoms with E-state index in [1.54, 1.807) is 19.5 Å². The Morgan fingerprint density at radius 1 is 1.23 bits per heavy atom. The average molecular weight is 350 g/mol. The van der Waals surface area contributed by atoms with Crippen LogP contribution < -0.4 is 5.32 Å². The van der Waals surface area contributed by atoms with E-state index >= 15 is 0 Å². The maximum absolute atomic E-state index is 5.75. The maximum atomic E-state index is 5.75. The second-order valence-electron chi connectivity index (χ2n) is 6.46. The average Bonchev–Trinajstić information content (AvgIpc) is 3.14. The van der Waals surface area contributed by atoms with Crippen molar-refractivity contribution in [3.8, 4) is 11.4 Å². The Balaban J connectivity index is 1.48.